The van der Waals surface area contributed by atoms with Gasteiger partial charge in [-0.25, -0.2) is 13.4 Å². The highest BCUT2D eigenvalue weighted by atomic mass is 32.2. The van der Waals surface area contributed by atoms with Crippen molar-refractivity contribution in [2.45, 2.75) is 76.3 Å². The summed E-state index contributed by atoms with van der Waals surface area (Å²) in [7, 11) is -1.98. The monoisotopic (exact) mass is 613 g/mol. The van der Waals surface area contributed by atoms with E-state index in [1.165, 1.54) is 4.90 Å². The largest absolute Gasteiger partial charge is 0.496 e. The van der Waals surface area contributed by atoms with E-state index in [2.05, 4.69) is 16.9 Å². The molecule has 2 heterocycles. The minimum absolute atomic E-state index is 0. The van der Waals surface area contributed by atoms with Gasteiger partial charge in [-0.2, -0.15) is 0 Å². The van der Waals surface area contributed by atoms with E-state index in [1.807, 2.05) is 52.0 Å². The number of hydrogen-bond donors (Lipinski definition) is 1. The number of methoxy groups -OCH3 is 1. The number of pyridine rings is 1. The number of ketones is 1. The lowest BCUT2D eigenvalue weighted by Gasteiger charge is -2.33. The van der Waals surface area contributed by atoms with E-state index in [-0.39, 0.29) is 38.1 Å². The zero-order chi connectivity index (χ0) is 31.3. The average Bonchev–Trinajstić information content (AvgIpc) is 3.88. The molecule has 3 aliphatic rings. The number of amides is 2. The van der Waals surface area contributed by atoms with Gasteiger partial charge in [-0.1, -0.05) is 39.8 Å². The molecule has 0 radical (unpaired) electrons. The van der Waals surface area contributed by atoms with Gasteiger partial charge in [0, 0.05) is 36.7 Å². The molecule has 11 heteroatoms. The summed E-state index contributed by atoms with van der Waals surface area (Å²) >= 11 is 0. The molecule has 5 rings (SSSR count). The Bertz CT molecular complexity index is 1570. The van der Waals surface area contributed by atoms with Crippen LogP contribution in [0.4, 0.5) is 0 Å². The Balaban J connectivity index is 0.00000442. The van der Waals surface area contributed by atoms with Gasteiger partial charge in [0.05, 0.1) is 18.9 Å². The molecule has 43 heavy (non-hydrogen) atoms. The highest BCUT2D eigenvalue weighted by molar-refractivity contribution is 7.93. The molecule has 3 fully saturated rings. The van der Waals surface area contributed by atoms with Crippen molar-refractivity contribution < 1.29 is 33.7 Å². The molecule has 2 aliphatic carbocycles. The van der Waals surface area contributed by atoms with Crippen LogP contribution in [0.3, 0.4) is 0 Å². The molecule has 1 aromatic carbocycles. The predicted molar refractivity (Wildman–Crippen MR) is 165 cm³/mol. The third kappa shape index (κ3) is 6.01. The predicted octanol–water partition coefficient (Wildman–Crippen LogP) is 3.73. The van der Waals surface area contributed by atoms with Crippen molar-refractivity contribution in [3.63, 3.8) is 0 Å². The van der Waals surface area contributed by atoms with Crippen LogP contribution in [0.1, 0.15) is 54.8 Å². The number of hydrogen-bond acceptors (Lipinski definition) is 8. The van der Waals surface area contributed by atoms with Crippen LogP contribution < -0.4 is 14.8 Å². The van der Waals surface area contributed by atoms with E-state index in [0.717, 1.165) is 10.8 Å². The number of likely N-dealkylation sites (tertiary alicyclic amines) is 1. The molecule has 1 aromatic heterocycles. The molecule has 0 spiro atoms. The number of sulfone groups is 1. The molecule has 2 aromatic rings. The smallest absolute Gasteiger partial charge is 0.243 e. The summed E-state index contributed by atoms with van der Waals surface area (Å²) in [5.41, 5.74) is -1.69. The number of aromatic nitrogens is 1. The molecular formula is C32H43N3O7S. The van der Waals surface area contributed by atoms with Crippen LogP contribution >= 0.6 is 0 Å². The molecule has 234 valence electrons. The number of Topliss-reactive ketones (excluding diaryl/α,β-unsaturated/α-hetero) is 1. The third-order valence-electron chi connectivity index (χ3n) is 9.25. The first-order chi connectivity index (χ1) is 20.2. The average molecular weight is 614 g/mol. The van der Waals surface area contributed by atoms with Gasteiger partial charge in [0.2, 0.25) is 17.7 Å². The normalized spacial score (nSPS) is 26.1. The van der Waals surface area contributed by atoms with Crippen molar-refractivity contribution in [1.29, 1.82) is 0 Å². The van der Waals surface area contributed by atoms with Gasteiger partial charge in [-0.3, -0.25) is 14.4 Å². The first kappa shape index (κ1) is 31.0. The first-order valence-corrected chi connectivity index (χ1v) is 16.5. The molecule has 2 saturated carbocycles. The van der Waals surface area contributed by atoms with E-state index < -0.39 is 56.1 Å². The van der Waals surface area contributed by atoms with Gasteiger partial charge in [0.15, 0.2) is 15.6 Å². The maximum absolute atomic E-state index is 13.9. The van der Waals surface area contributed by atoms with Crippen LogP contribution in [0.5, 0.6) is 11.6 Å². The van der Waals surface area contributed by atoms with Crippen molar-refractivity contribution in [2.75, 3.05) is 19.4 Å². The fraction of sp³-hybridized carbons (Fsp3) is 0.562. The molecule has 5 atom stereocenters. The summed E-state index contributed by atoms with van der Waals surface area (Å²) in [6.07, 6.45) is 4.23. The maximum Gasteiger partial charge on any atom is 0.243 e. The zero-order valence-corrected chi connectivity index (χ0v) is 26.3. The third-order valence-corrected chi connectivity index (χ3v) is 11.4. The van der Waals surface area contributed by atoms with Crippen LogP contribution in [0.2, 0.25) is 0 Å². The fourth-order valence-corrected chi connectivity index (χ4v) is 7.55. The van der Waals surface area contributed by atoms with Gasteiger partial charge < -0.3 is 19.7 Å². The van der Waals surface area contributed by atoms with Crippen LogP contribution in [0.15, 0.2) is 43.1 Å². The first-order valence-electron chi connectivity index (χ1n) is 14.8. The second-order valence-corrected chi connectivity index (χ2v) is 15.5. The van der Waals surface area contributed by atoms with Gasteiger partial charge in [-0.15, -0.1) is 6.58 Å². The maximum atomic E-state index is 13.9. The Morgan fingerprint density at radius 1 is 1.23 bits per heavy atom. The second-order valence-electron chi connectivity index (χ2n) is 13.2. The fourth-order valence-electron chi connectivity index (χ4n) is 5.84. The standard InChI is InChI=1S/C32H41N3O7S.H2/c1-7-20-16-32(20,27(36)18-43(39,40)22-11-12-22)34-28(37)25-15-21(17-35(25)30(38)19(2)31(3,4)5)42-29-24-9-8-10-26(41-6)23(24)13-14-33-29;/h7-10,13-14,19-22,25H,1,11-12,15-18H2,2-6H3,(H,34,37);1H/t19-,20-,21-,25+,32-;/m1./s1. The van der Waals surface area contributed by atoms with E-state index in [1.54, 1.807) is 19.4 Å². The molecule has 1 N–H and O–H groups in total. The topological polar surface area (TPSA) is 132 Å². The highest BCUT2D eigenvalue weighted by Gasteiger charge is 2.61. The lowest BCUT2D eigenvalue weighted by molar-refractivity contribution is -0.144. The molecule has 1 aliphatic heterocycles. The summed E-state index contributed by atoms with van der Waals surface area (Å²) in [5.74, 6) is -1.58. The van der Waals surface area contributed by atoms with Crippen LogP contribution in [0.25, 0.3) is 10.8 Å². The van der Waals surface area contributed by atoms with E-state index >= 15 is 0 Å². The van der Waals surface area contributed by atoms with E-state index in [0.29, 0.717) is 24.5 Å². The van der Waals surface area contributed by atoms with Gasteiger partial charge in [-0.05, 0) is 42.9 Å². The Hall–Kier alpha value is -3.47. The Labute approximate surface area is 254 Å². The number of carbonyl (C=O) groups is 3. The van der Waals surface area contributed by atoms with Crippen molar-refractivity contribution >= 4 is 38.2 Å². The Morgan fingerprint density at radius 2 is 1.95 bits per heavy atom. The molecule has 0 unspecified atom stereocenters. The van der Waals surface area contributed by atoms with E-state index in [4.69, 9.17) is 9.47 Å². The van der Waals surface area contributed by atoms with E-state index in [9.17, 15) is 22.8 Å². The Kier molecular flexibility index (Phi) is 8.09. The minimum Gasteiger partial charge on any atom is -0.496 e. The zero-order valence-electron chi connectivity index (χ0n) is 25.5. The lowest BCUT2D eigenvalue weighted by atomic mass is 9.81. The summed E-state index contributed by atoms with van der Waals surface area (Å²) in [4.78, 5) is 47.1. The van der Waals surface area contributed by atoms with Crippen molar-refractivity contribution in [1.82, 2.24) is 15.2 Å². The summed E-state index contributed by atoms with van der Waals surface area (Å²) in [5, 5.41) is 3.96. The second kappa shape index (κ2) is 11.2. The summed E-state index contributed by atoms with van der Waals surface area (Å²) in [6, 6.07) is 6.48. The number of carbonyl (C=O) groups excluding carboxylic acids is 3. The SMILES string of the molecule is C=C[C@@H]1C[C@]1(NC(=O)[C@@H]1C[C@@H](Oc2nccc3c(OC)cccc23)CN1C(=O)[C@@H](C)C(C)(C)C)C(=O)CS(=O)(=O)C1CC1.[HH]. The lowest BCUT2D eigenvalue weighted by Crippen LogP contribution is -2.55. The van der Waals surface area contributed by atoms with Crippen molar-refractivity contribution in [2.24, 2.45) is 17.3 Å². The number of benzene rings is 1. The van der Waals surface area contributed by atoms with Gasteiger partial charge in [0.25, 0.3) is 0 Å². The van der Waals surface area contributed by atoms with Gasteiger partial charge >= 0.3 is 0 Å². The molecule has 1 saturated heterocycles. The van der Waals surface area contributed by atoms with Crippen LogP contribution in [-0.2, 0) is 24.2 Å². The molecule has 2 amide bonds. The highest BCUT2D eigenvalue weighted by Crippen LogP contribution is 2.46. The summed E-state index contributed by atoms with van der Waals surface area (Å²) in [6.45, 7) is 11.7. The molecule has 10 nitrogen and oxygen atoms in total. The van der Waals surface area contributed by atoms with Crippen molar-refractivity contribution in [3.8, 4) is 11.6 Å². The number of rotatable bonds is 11. The number of fused-ring (bicyclic) bond motifs is 1. The van der Waals surface area contributed by atoms with Crippen LogP contribution in [-0.4, -0.2) is 78.2 Å². The number of nitrogens with zero attached hydrogens (tertiary/aromatic N) is 2. The quantitative estimate of drug-likeness (QED) is 0.380. The number of nitrogens with one attached hydrogen (secondary N) is 1. The minimum atomic E-state index is -3.57. The van der Waals surface area contributed by atoms with Gasteiger partial charge in [0.1, 0.15) is 29.2 Å². The van der Waals surface area contributed by atoms with Crippen molar-refractivity contribution in [3.05, 3.63) is 43.1 Å². The van der Waals surface area contributed by atoms with Crippen LogP contribution in [0, 0.1) is 17.3 Å². The summed E-state index contributed by atoms with van der Waals surface area (Å²) < 4.78 is 37.1. The Morgan fingerprint density at radius 3 is 2.56 bits per heavy atom. The molecule has 0 bridgehead atoms. The number of ether oxygens (including phenoxy) is 2. The molecular weight excluding hydrogens is 570 g/mol.